The Morgan fingerprint density at radius 2 is 1.87 bits per heavy atom. The molecule has 0 aliphatic heterocycles. The first-order chi connectivity index (χ1) is 7.02. The van der Waals surface area contributed by atoms with Gasteiger partial charge in [-0.1, -0.05) is 13.8 Å². The third-order valence-corrected chi connectivity index (χ3v) is 3.00. The van der Waals surface area contributed by atoms with Gasteiger partial charge in [-0.05, 0) is 26.7 Å². The van der Waals surface area contributed by atoms with E-state index in [4.69, 9.17) is 10.7 Å². The number of imidazole rings is 1. The van der Waals surface area contributed by atoms with Crippen LogP contribution in [0.3, 0.4) is 0 Å². The Morgan fingerprint density at radius 1 is 1.27 bits per heavy atom. The summed E-state index contributed by atoms with van der Waals surface area (Å²) >= 11 is 0. The molecule has 1 saturated carbocycles. The van der Waals surface area contributed by atoms with Gasteiger partial charge < -0.3 is 10.3 Å². The van der Waals surface area contributed by atoms with Gasteiger partial charge >= 0.3 is 0 Å². The fraction of sp³-hybridized carbons (Fsp3) is 0.750. The van der Waals surface area contributed by atoms with E-state index in [1.807, 2.05) is 0 Å². The Balaban J connectivity index is 2.48. The largest absolute Gasteiger partial charge is 0.384 e. The minimum Gasteiger partial charge on any atom is -0.384 e. The van der Waals surface area contributed by atoms with E-state index < -0.39 is 0 Å². The average Bonchev–Trinajstić information content (AvgIpc) is 2.89. The highest BCUT2D eigenvalue weighted by atomic mass is 15.2. The van der Waals surface area contributed by atoms with Crippen molar-refractivity contribution in [3.63, 3.8) is 0 Å². The van der Waals surface area contributed by atoms with Crippen molar-refractivity contribution < 1.29 is 0 Å². The number of nitrogens with two attached hydrogens (primary N) is 1. The normalized spacial score (nSPS) is 16.7. The Morgan fingerprint density at radius 3 is 2.20 bits per heavy atom. The van der Waals surface area contributed by atoms with Crippen LogP contribution in [0.25, 0.3) is 0 Å². The minimum atomic E-state index is 0.405. The Labute approximate surface area is 91.7 Å². The van der Waals surface area contributed by atoms with E-state index in [0.717, 1.165) is 17.3 Å². The molecule has 1 aliphatic carbocycles. The van der Waals surface area contributed by atoms with E-state index in [1.165, 1.54) is 12.8 Å². The Bertz CT molecular complexity index is 359. The van der Waals surface area contributed by atoms with Crippen LogP contribution in [-0.4, -0.2) is 9.55 Å². The van der Waals surface area contributed by atoms with Crippen molar-refractivity contribution in [3.8, 4) is 0 Å². The summed E-state index contributed by atoms with van der Waals surface area (Å²) in [5.74, 6) is 3.13. The van der Waals surface area contributed by atoms with Crippen LogP contribution in [-0.2, 0) is 0 Å². The van der Waals surface area contributed by atoms with Gasteiger partial charge in [0.1, 0.15) is 11.6 Å². The lowest BCUT2D eigenvalue weighted by Crippen LogP contribution is -2.10. The van der Waals surface area contributed by atoms with Gasteiger partial charge in [-0.15, -0.1) is 0 Å². The van der Waals surface area contributed by atoms with Gasteiger partial charge in [0.25, 0.3) is 0 Å². The van der Waals surface area contributed by atoms with Crippen LogP contribution in [0.1, 0.15) is 69.9 Å². The van der Waals surface area contributed by atoms with Crippen LogP contribution >= 0.6 is 0 Å². The molecule has 0 bridgehead atoms. The second kappa shape index (κ2) is 3.54. The highest BCUT2D eigenvalue weighted by molar-refractivity contribution is 5.43. The number of hydrogen-bond acceptors (Lipinski definition) is 2. The first-order valence-electron chi connectivity index (χ1n) is 5.89. The van der Waals surface area contributed by atoms with Gasteiger partial charge in [-0.3, -0.25) is 0 Å². The Hall–Kier alpha value is -0.990. The molecule has 0 radical (unpaired) electrons. The molecule has 3 heteroatoms. The monoisotopic (exact) mass is 207 g/mol. The number of hydrogen-bond donors (Lipinski definition) is 1. The lowest BCUT2D eigenvalue weighted by molar-refractivity contribution is 0.556. The summed E-state index contributed by atoms with van der Waals surface area (Å²) in [5, 5.41) is 0. The third-order valence-electron chi connectivity index (χ3n) is 3.00. The molecule has 1 aliphatic rings. The predicted octanol–water partition coefficient (Wildman–Crippen LogP) is 3.05. The first kappa shape index (κ1) is 10.5. The van der Waals surface area contributed by atoms with Gasteiger partial charge in [0, 0.05) is 17.9 Å². The predicted molar refractivity (Wildman–Crippen MR) is 63.1 cm³/mol. The van der Waals surface area contributed by atoms with Crippen LogP contribution in [0.5, 0.6) is 0 Å². The minimum absolute atomic E-state index is 0.405. The average molecular weight is 207 g/mol. The summed E-state index contributed by atoms with van der Waals surface area (Å²) in [6, 6.07) is 0.405. The molecule has 1 aromatic heterocycles. The van der Waals surface area contributed by atoms with Gasteiger partial charge in [0.15, 0.2) is 0 Å². The van der Waals surface area contributed by atoms with Crippen LogP contribution in [0, 0.1) is 0 Å². The summed E-state index contributed by atoms with van der Waals surface area (Å²) in [5.41, 5.74) is 7.33. The topological polar surface area (TPSA) is 43.8 Å². The molecule has 2 rings (SSSR count). The highest BCUT2D eigenvalue weighted by Gasteiger charge is 2.31. The molecule has 84 valence electrons. The molecule has 0 atom stereocenters. The number of rotatable bonds is 3. The summed E-state index contributed by atoms with van der Waals surface area (Å²) < 4.78 is 2.19. The summed E-state index contributed by atoms with van der Waals surface area (Å²) in [6.45, 7) is 8.69. The quantitative estimate of drug-likeness (QED) is 0.827. The number of nitrogen functional groups attached to an aromatic ring is 1. The molecule has 0 saturated heterocycles. The molecule has 1 heterocycles. The number of aromatic nitrogens is 2. The molecule has 0 aromatic carbocycles. The lowest BCUT2D eigenvalue weighted by atomic mass is 10.2. The van der Waals surface area contributed by atoms with Crippen molar-refractivity contribution >= 4 is 5.82 Å². The fourth-order valence-corrected chi connectivity index (χ4v) is 2.09. The summed E-state index contributed by atoms with van der Waals surface area (Å²) in [6.07, 6.45) is 2.52. The van der Waals surface area contributed by atoms with E-state index in [2.05, 4.69) is 32.3 Å². The highest BCUT2D eigenvalue weighted by Crippen LogP contribution is 2.43. The molecule has 15 heavy (non-hydrogen) atoms. The maximum Gasteiger partial charge on any atom is 0.127 e. The van der Waals surface area contributed by atoms with Gasteiger partial charge in [0.05, 0.1) is 5.69 Å². The summed E-state index contributed by atoms with van der Waals surface area (Å²) in [4.78, 5) is 4.73. The molecule has 1 aromatic rings. The first-order valence-corrected chi connectivity index (χ1v) is 5.89. The maximum atomic E-state index is 6.18. The van der Waals surface area contributed by atoms with Crippen LogP contribution in [0.15, 0.2) is 0 Å². The van der Waals surface area contributed by atoms with Gasteiger partial charge in [-0.25, -0.2) is 4.98 Å². The van der Waals surface area contributed by atoms with E-state index >= 15 is 0 Å². The zero-order valence-corrected chi connectivity index (χ0v) is 10.1. The molecule has 1 fully saturated rings. The smallest absolute Gasteiger partial charge is 0.127 e. The molecule has 2 N–H and O–H groups in total. The molecule has 0 unspecified atom stereocenters. The second-order valence-corrected chi connectivity index (χ2v) is 5.13. The van der Waals surface area contributed by atoms with Crippen molar-refractivity contribution in [1.29, 1.82) is 0 Å². The standard InChI is InChI=1S/C12H21N3/c1-7(2)12-14-10(9-5-6-9)11(13)15(12)8(3)4/h7-9H,5-6,13H2,1-4H3. The number of anilines is 1. The maximum absolute atomic E-state index is 6.18. The molecule has 3 nitrogen and oxygen atoms in total. The molecular weight excluding hydrogens is 186 g/mol. The third kappa shape index (κ3) is 1.75. The van der Waals surface area contributed by atoms with E-state index in [0.29, 0.717) is 17.9 Å². The van der Waals surface area contributed by atoms with Crippen LogP contribution < -0.4 is 5.73 Å². The van der Waals surface area contributed by atoms with Crippen molar-refractivity contribution in [3.05, 3.63) is 11.5 Å². The van der Waals surface area contributed by atoms with Crippen molar-refractivity contribution in [2.75, 3.05) is 5.73 Å². The zero-order valence-electron chi connectivity index (χ0n) is 10.1. The second-order valence-electron chi connectivity index (χ2n) is 5.13. The number of nitrogens with zero attached hydrogens (tertiary/aromatic N) is 2. The summed E-state index contributed by atoms with van der Waals surface area (Å²) in [7, 11) is 0. The zero-order chi connectivity index (χ0) is 11.2. The van der Waals surface area contributed by atoms with E-state index in [-0.39, 0.29) is 0 Å². The van der Waals surface area contributed by atoms with Crippen molar-refractivity contribution in [2.24, 2.45) is 0 Å². The van der Waals surface area contributed by atoms with Crippen molar-refractivity contribution in [2.45, 2.75) is 58.4 Å². The van der Waals surface area contributed by atoms with Gasteiger partial charge in [0.2, 0.25) is 0 Å². The lowest BCUT2D eigenvalue weighted by Gasteiger charge is -2.15. The van der Waals surface area contributed by atoms with Crippen LogP contribution in [0.4, 0.5) is 5.82 Å². The molecule has 0 amide bonds. The van der Waals surface area contributed by atoms with Crippen LogP contribution in [0.2, 0.25) is 0 Å². The fourth-order valence-electron chi connectivity index (χ4n) is 2.09. The molecule has 0 spiro atoms. The van der Waals surface area contributed by atoms with Crippen molar-refractivity contribution in [1.82, 2.24) is 9.55 Å². The SMILES string of the molecule is CC(C)c1nc(C2CC2)c(N)n1C(C)C. The Kier molecular flexibility index (Phi) is 2.49. The van der Waals surface area contributed by atoms with Gasteiger partial charge in [-0.2, -0.15) is 0 Å². The van der Waals surface area contributed by atoms with E-state index in [9.17, 15) is 0 Å². The molecular formula is C12H21N3. The van der Waals surface area contributed by atoms with E-state index in [1.54, 1.807) is 0 Å².